The number of nitrogens with one attached hydrogen (secondary N) is 1. The van der Waals surface area contributed by atoms with E-state index in [2.05, 4.69) is 187 Å². The Hall–Kier alpha value is -6.25. The van der Waals surface area contributed by atoms with Crippen molar-refractivity contribution < 1.29 is 0 Å². The Balaban J connectivity index is 1.42. The van der Waals surface area contributed by atoms with Gasteiger partial charge in [0, 0.05) is 28.0 Å². The predicted molar refractivity (Wildman–Crippen MR) is 197 cm³/mol. The molecule has 222 valence electrons. The first kappa shape index (κ1) is 28.2. The largest absolute Gasteiger partial charge is 0.354 e. The monoisotopic (exact) mass is 600 g/mol. The molecule has 0 saturated carbocycles. The van der Waals surface area contributed by atoms with Crippen LogP contribution >= 0.6 is 0 Å². The third-order valence-corrected chi connectivity index (χ3v) is 8.68. The van der Waals surface area contributed by atoms with Gasteiger partial charge in [-0.3, -0.25) is 0 Å². The predicted octanol–water partition coefficient (Wildman–Crippen LogP) is 11.4. The normalized spacial score (nSPS) is 13.6. The van der Waals surface area contributed by atoms with Gasteiger partial charge < -0.3 is 4.98 Å². The summed E-state index contributed by atoms with van der Waals surface area (Å²) in [7, 11) is 0. The summed E-state index contributed by atoms with van der Waals surface area (Å²) < 4.78 is 0. The van der Waals surface area contributed by atoms with Crippen molar-refractivity contribution in [2.24, 2.45) is 4.99 Å². The van der Waals surface area contributed by atoms with Crippen LogP contribution in [0.4, 0.5) is 0 Å². The molecule has 7 aromatic rings. The van der Waals surface area contributed by atoms with E-state index in [0.717, 1.165) is 67.3 Å². The van der Waals surface area contributed by atoms with Gasteiger partial charge in [0.2, 0.25) is 0 Å². The van der Waals surface area contributed by atoms with E-state index in [-0.39, 0.29) is 0 Å². The Labute approximate surface area is 275 Å². The molecular formula is C45H32N2. The van der Waals surface area contributed by atoms with E-state index in [9.17, 15) is 0 Å². The van der Waals surface area contributed by atoms with Gasteiger partial charge in [-0.25, -0.2) is 4.99 Å². The van der Waals surface area contributed by atoms with E-state index < -0.39 is 0 Å². The molecule has 0 bridgehead atoms. The van der Waals surface area contributed by atoms with Crippen molar-refractivity contribution in [3.05, 3.63) is 216 Å². The zero-order chi connectivity index (χ0) is 31.4. The fourth-order valence-electron chi connectivity index (χ4n) is 6.33. The molecule has 0 saturated heterocycles. The molecular weight excluding hydrogens is 569 g/mol. The molecule has 1 aromatic heterocycles. The molecule has 0 fully saturated rings. The number of nitrogens with zero attached hydrogens (tertiary/aromatic N) is 1. The molecule has 0 amide bonds. The molecule has 0 atom stereocenters. The summed E-state index contributed by atoms with van der Waals surface area (Å²) in [5.41, 5.74) is 15.3. The summed E-state index contributed by atoms with van der Waals surface area (Å²) >= 11 is 0. The number of allylic oxidation sites excluding steroid dienone is 2. The first-order chi connectivity index (χ1) is 23.3. The van der Waals surface area contributed by atoms with Crippen LogP contribution in [0.25, 0.3) is 44.7 Å². The number of benzene rings is 6. The fourth-order valence-corrected chi connectivity index (χ4v) is 6.33. The Kier molecular flexibility index (Phi) is 7.59. The lowest BCUT2D eigenvalue weighted by Gasteiger charge is -2.16. The van der Waals surface area contributed by atoms with E-state index in [4.69, 9.17) is 4.99 Å². The standard InChI is InChI=1S/C45H32N2/c1-6-16-32(17-7-1)33-26-28-38(29-27-33)43(44-39(34-18-8-2-9-19-34)30-41(46-44)36-22-12-4-13-23-36)45-40(35-20-10-3-11-21-35)31-42(47-45)37-24-14-5-15-25-37/h1-31,46H/b45-43-. The van der Waals surface area contributed by atoms with Crippen LogP contribution in [0, 0.1) is 0 Å². The SMILES string of the molecule is C1=C(c2ccccc2)/C(=C(\c2ccc(-c3ccccc3)cc2)c2[nH]c(-c3ccccc3)cc2-c2ccccc2)N=C1c1ccccc1. The molecule has 8 rings (SSSR count). The van der Waals surface area contributed by atoms with E-state index in [1.165, 1.54) is 11.1 Å². The summed E-state index contributed by atoms with van der Waals surface area (Å²) in [6.07, 6.45) is 2.24. The molecule has 0 radical (unpaired) electrons. The highest BCUT2D eigenvalue weighted by atomic mass is 14.8. The van der Waals surface area contributed by atoms with Gasteiger partial charge in [0.25, 0.3) is 0 Å². The number of hydrogen-bond donors (Lipinski definition) is 1. The van der Waals surface area contributed by atoms with Crippen LogP contribution in [-0.2, 0) is 0 Å². The highest BCUT2D eigenvalue weighted by Crippen LogP contribution is 2.43. The van der Waals surface area contributed by atoms with Gasteiger partial charge in [-0.1, -0.05) is 176 Å². The summed E-state index contributed by atoms with van der Waals surface area (Å²) in [4.78, 5) is 9.34. The second-order valence-electron chi connectivity index (χ2n) is 11.7. The number of aromatic nitrogens is 1. The van der Waals surface area contributed by atoms with Crippen molar-refractivity contribution >= 4 is 16.9 Å². The number of rotatable bonds is 7. The van der Waals surface area contributed by atoms with Gasteiger partial charge in [-0.15, -0.1) is 0 Å². The maximum absolute atomic E-state index is 5.45. The van der Waals surface area contributed by atoms with E-state index in [0.29, 0.717) is 0 Å². The maximum atomic E-state index is 5.45. The molecule has 1 aliphatic rings. The number of aliphatic imine (C=N–C) groups is 1. The van der Waals surface area contributed by atoms with Gasteiger partial charge in [-0.05, 0) is 45.5 Å². The molecule has 1 aliphatic heterocycles. The van der Waals surface area contributed by atoms with Gasteiger partial charge in [0.05, 0.1) is 17.1 Å². The average Bonchev–Trinajstić information content (AvgIpc) is 3.80. The van der Waals surface area contributed by atoms with Crippen LogP contribution in [0.2, 0.25) is 0 Å². The zero-order valence-corrected chi connectivity index (χ0v) is 25.8. The lowest BCUT2D eigenvalue weighted by Crippen LogP contribution is -1.98. The van der Waals surface area contributed by atoms with Crippen LogP contribution in [0.15, 0.2) is 199 Å². The Bertz CT molecular complexity index is 2220. The Morgan fingerprint density at radius 3 is 1.47 bits per heavy atom. The number of aromatic amines is 1. The lowest BCUT2D eigenvalue weighted by atomic mass is 9.90. The number of H-pyrrole nitrogens is 1. The lowest BCUT2D eigenvalue weighted by molar-refractivity contribution is 1.31. The molecule has 2 heteroatoms. The van der Waals surface area contributed by atoms with Crippen LogP contribution in [0.5, 0.6) is 0 Å². The molecule has 1 N–H and O–H groups in total. The number of hydrogen-bond acceptors (Lipinski definition) is 1. The third kappa shape index (κ3) is 5.69. The maximum Gasteiger partial charge on any atom is 0.0815 e. The topological polar surface area (TPSA) is 28.1 Å². The fraction of sp³-hybridized carbons (Fsp3) is 0. The molecule has 2 heterocycles. The zero-order valence-electron chi connectivity index (χ0n) is 25.8. The molecule has 47 heavy (non-hydrogen) atoms. The van der Waals surface area contributed by atoms with E-state index >= 15 is 0 Å². The van der Waals surface area contributed by atoms with Gasteiger partial charge in [-0.2, -0.15) is 0 Å². The highest BCUT2D eigenvalue weighted by Gasteiger charge is 2.26. The summed E-state index contributed by atoms with van der Waals surface area (Å²) in [6.45, 7) is 0. The van der Waals surface area contributed by atoms with Crippen molar-refractivity contribution in [3.8, 4) is 33.5 Å². The van der Waals surface area contributed by atoms with Crippen LogP contribution in [0.1, 0.15) is 22.4 Å². The first-order valence-electron chi connectivity index (χ1n) is 16.0. The molecule has 0 aliphatic carbocycles. The molecule has 0 spiro atoms. The first-order valence-corrected chi connectivity index (χ1v) is 16.0. The minimum Gasteiger partial charge on any atom is -0.354 e. The summed E-state index contributed by atoms with van der Waals surface area (Å²) in [5.74, 6) is 0. The van der Waals surface area contributed by atoms with Crippen LogP contribution in [-0.4, -0.2) is 10.7 Å². The van der Waals surface area contributed by atoms with Gasteiger partial charge >= 0.3 is 0 Å². The van der Waals surface area contributed by atoms with Crippen molar-refractivity contribution in [2.75, 3.05) is 0 Å². The van der Waals surface area contributed by atoms with Crippen molar-refractivity contribution in [3.63, 3.8) is 0 Å². The molecule has 6 aromatic carbocycles. The van der Waals surface area contributed by atoms with Crippen molar-refractivity contribution in [2.45, 2.75) is 0 Å². The smallest absolute Gasteiger partial charge is 0.0815 e. The minimum atomic E-state index is 0.946. The molecule has 2 nitrogen and oxygen atoms in total. The molecule has 0 unspecified atom stereocenters. The average molecular weight is 601 g/mol. The van der Waals surface area contributed by atoms with Gasteiger partial charge in [0.1, 0.15) is 0 Å². The van der Waals surface area contributed by atoms with Gasteiger partial charge in [0.15, 0.2) is 0 Å². The van der Waals surface area contributed by atoms with Crippen LogP contribution < -0.4 is 0 Å². The minimum absolute atomic E-state index is 0.946. The summed E-state index contributed by atoms with van der Waals surface area (Å²) in [5, 5.41) is 0. The summed E-state index contributed by atoms with van der Waals surface area (Å²) in [6, 6.07) is 64.0. The van der Waals surface area contributed by atoms with Crippen molar-refractivity contribution in [1.29, 1.82) is 0 Å². The quantitative estimate of drug-likeness (QED) is 0.189. The van der Waals surface area contributed by atoms with Crippen molar-refractivity contribution in [1.82, 2.24) is 4.98 Å². The van der Waals surface area contributed by atoms with Crippen LogP contribution in [0.3, 0.4) is 0 Å². The second kappa shape index (κ2) is 12.6. The highest BCUT2D eigenvalue weighted by molar-refractivity contribution is 6.20. The third-order valence-electron chi connectivity index (χ3n) is 8.68. The Morgan fingerprint density at radius 1 is 0.426 bits per heavy atom. The Morgan fingerprint density at radius 2 is 0.894 bits per heavy atom. The van der Waals surface area contributed by atoms with E-state index in [1.807, 2.05) is 6.07 Å². The van der Waals surface area contributed by atoms with E-state index in [1.54, 1.807) is 0 Å². The second-order valence-corrected chi connectivity index (χ2v) is 11.7.